The number of hydrogen-bond acceptors (Lipinski definition) is 9. The number of fused-ring (bicyclic) bond motifs is 4. The van der Waals surface area contributed by atoms with Gasteiger partial charge in [-0.15, -0.1) is 11.3 Å². The number of pyridine rings is 1. The molecule has 1 aliphatic rings. The minimum Gasteiger partial charge on any atom is -0.361 e. The van der Waals surface area contributed by atoms with Crippen molar-refractivity contribution >= 4 is 61.3 Å². The van der Waals surface area contributed by atoms with Crippen molar-refractivity contribution in [2.75, 3.05) is 0 Å². The molecule has 7 aromatic rings. The number of aromatic nitrogens is 3. The molecular formula is C40H30N8S2. The first-order chi connectivity index (χ1) is 24.6. The van der Waals surface area contributed by atoms with Crippen LogP contribution in [0.25, 0.3) is 38.0 Å². The molecule has 4 aromatic carbocycles. The van der Waals surface area contributed by atoms with Crippen LogP contribution < -0.4 is 4.72 Å². The summed E-state index contributed by atoms with van der Waals surface area (Å²) < 4.78 is 4.29. The first kappa shape index (κ1) is 34.9. The predicted molar refractivity (Wildman–Crippen MR) is 201 cm³/mol. The van der Waals surface area contributed by atoms with Gasteiger partial charge >= 0.3 is 0 Å². The molecule has 8 rings (SSSR count). The van der Waals surface area contributed by atoms with Gasteiger partial charge in [-0.1, -0.05) is 72.8 Å². The van der Waals surface area contributed by atoms with Crippen molar-refractivity contribution in [1.29, 1.82) is 21.0 Å². The molecule has 0 bridgehead atoms. The molecule has 3 aromatic heterocycles. The monoisotopic (exact) mass is 686 g/mol. The lowest BCUT2D eigenvalue weighted by Gasteiger charge is -2.15. The summed E-state index contributed by atoms with van der Waals surface area (Å²) in [6.07, 6.45) is 7.38. The van der Waals surface area contributed by atoms with Crippen molar-refractivity contribution in [2.45, 2.75) is 30.6 Å². The molecule has 8 nitrogen and oxygen atoms in total. The van der Waals surface area contributed by atoms with Crippen molar-refractivity contribution < 1.29 is 0 Å². The maximum absolute atomic E-state index is 8.59. The molecule has 1 aliphatic heterocycles. The van der Waals surface area contributed by atoms with Crippen molar-refractivity contribution in [3.8, 4) is 24.3 Å². The number of thiazole rings is 1. The molecule has 0 atom stereocenters. The Bertz CT molecular complexity index is 2370. The van der Waals surface area contributed by atoms with Crippen LogP contribution in [0.5, 0.6) is 0 Å². The maximum Gasteiger partial charge on any atom is 0.108 e. The normalized spacial score (nSPS) is 10.8. The third kappa shape index (κ3) is 9.34. The minimum absolute atomic E-state index is 0.376. The van der Waals surface area contributed by atoms with Crippen LogP contribution in [-0.4, -0.2) is 15.0 Å². The van der Waals surface area contributed by atoms with E-state index in [0.29, 0.717) is 25.7 Å². The second-order valence-electron chi connectivity index (χ2n) is 10.7. The van der Waals surface area contributed by atoms with Crippen LogP contribution in [0, 0.1) is 45.3 Å². The topological polar surface area (TPSA) is 149 Å². The maximum atomic E-state index is 8.59. The number of benzene rings is 4. The molecule has 10 heteroatoms. The number of hydrogen-bond donors (Lipinski definition) is 2. The molecule has 0 aliphatic carbocycles. The largest absolute Gasteiger partial charge is 0.361 e. The van der Waals surface area contributed by atoms with Gasteiger partial charge in [0.15, 0.2) is 0 Å². The number of nitriles is 4. The van der Waals surface area contributed by atoms with E-state index in [4.69, 9.17) is 21.0 Å². The standard InChI is InChI=1S/C11H8N2.C10H8N2S.C10H8N2.C9H6N2S/c12-7-5-11-10-4-2-1-3-9(10)6-8-13-11;11-6-5-9-7-8-3-1-2-4-10(8)13-12-9;11-6-5-8-7-12-10-4-2-1-3-9(8)10;10-6-5-9-11-7-3-1-2-4-8(7)12-9/h1-4,6,8H,5H2;1-4,7,12H,5H2;1-4,7,12H,5H2;1-4H,5H2. The fraction of sp³-hybridized carbons (Fsp3) is 0.100. The number of rotatable bonds is 4. The third-order valence-electron chi connectivity index (χ3n) is 7.33. The lowest BCUT2D eigenvalue weighted by molar-refractivity contribution is 1.10. The predicted octanol–water partition coefficient (Wildman–Crippen LogP) is 9.45. The van der Waals surface area contributed by atoms with Gasteiger partial charge in [0.2, 0.25) is 0 Å². The quantitative estimate of drug-likeness (QED) is 0.174. The van der Waals surface area contributed by atoms with E-state index < -0.39 is 0 Å². The molecule has 50 heavy (non-hydrogen) atoms. The number of nitrogens with one attached hydrogen (secondary N) is 2. The number of aromatic amines is 1. The van der Waals surface area contributed by atoms with Gasteiger partial charge in [-0.25, -0.2) is 4.98 Å². The van der Waals surface area contributed by atoms with Crippen LogP contribution >= 0.6 is 23.3 Å². The van der Waals surface area contributed by atoms with Crippen LogP contribution in [0.2, 0.25) is 0 Å². The Labute approximate surface area is 298 Å². The Kier molecular flexibility index (Phi) is 12.7. The summed E-state index contributed by atoms with van der Waals surface area (Å²) in [5.41, 5.74) is 6.20. The van der Waals surface area contributed by atoms with Crippen molar-refractivity contribution in [3.63, 3.8) is 0 Å². The zero-order valence-electron chi connectivity index (χ0n) is 26.9. The Morgan fingerprint density at radius 1 is 0.660 bits per heavy atom. The van der Waals surface area contributed by atoms with E-state index in [1.165, 1.54) is 10.5 Å². The van der Waals surface area contributed by atoms with E-state index in [1.807, 2.05) is 103 Å². The zero-order chi connectivity index (χ0) is 35.0. The highest BCUT2D eigenvalue weighted by Gasteiger charge is 2.08. The molecular weight excluding hydrogens is 657 g/mol. The Morgan fingerprint density at radius 3 is 2.16 bits per heavy atom. The van der Waals surface area contributed by atoms with E-state index in [9.17, 15) is 0 Å². The van der Waals surface area contributed by atoms with E-state index >= 15 is 0 Å². The first-order valence-corrected chi connectivity index (χ1v) is 17.2. The number of para-hydroxylation sites is 2. The van der Waals surface area contributed by atoms with E-state index in [2.05, 4.69) is 56.1 Å². The van der Waals surface area contributed by atoms with Gasteiger partial charge in [0.25, 0.3) is 0 Å². The van der Waals surface area contributed by atoms with E-state index in [-0.39, 0.29) is 0 Å². The van der Waals surface area contributed by atoms with Crippen molar-refractivity contribution in [3.05, 3.63) is 143 Å². The number of H-pyrrole nitrogens is 1. The molecule has 0 unspecified atom stereocenters. The Hall–Kier alpha value is -6.43. The average molecular weight is 687 g/mol. The van der Waals surface area contributed by atoms with Crippen molar-refractivity contribution in [1.82, 2.24) is 19.7 Å². The molecule has 0 radical (unpaired) electrons. The highest BCUT2D eigenvalue weighted by molar-refractivity contribution is 7.97. The summed E-state index contributed by atoms with van der Waals surface area (Å²) in [7, 11) is 0. The molecule has 0 spiro atoms. The highest BCUT2D eigenvalue weighted by atomic mass is 32.2. The lowest BCUT2D eigenvalue weighted by Crippen LogP contribution is -2.07. The molecule has 0 saturated heterocycles. The summed E-state index contributed by atoms with van der Waals surface area (Å²) >= 11 is 3.16. The van der Waals surface area contributed by atoms with Gasteiger partial charge in [-0.3, -0.25) is 4.98 Å². The van der Waals surface area contributed by atoms with E-state index in [1.54, 1.807) is 29.5 Å². The molecule has 4 heterocycles. The van der Waals surface area contributed by atoms with Gasteiger partial charge < -0.3 is 9.71 Å². The zero-order valence-corrected chi connectivity index (χ0v) is 28.5. The van der Waals surface area contributed by atoms with Gasteiger partial charge in [-0.05, 0) is 64.9 Å². The number of nitrogens with zero attached hydrogens (tertiary/aromatic N) is 6. The fourth-order valence-corrected chi connectivity index (χ4v) is 6.69. The summed E-state index contributed by atoms with van der Waals surface area (Å²) in [5.74, 6) is 0. The lowest BCUT2D eigenvalue weighted by atomic mass is 10.1. The van der Waals surface area contributed by atoms with Crippen molar-refractivity contribution in [2.24, 2.45) is 0 Å². The average Bonchev–Trinajstić information content (AvgIpc) is 3.77. The summed E-state index contributed by atoms with van der Waals surface area (Å²) in [4.78, 5) is 12.8. The summed E-state index contributed by atoms with van der Waals surface area (Å²) in [5, 5.41) is 38.4. The van der Waals surface area contributed by atoms with Gasteiger partial charge in [-0.2, -0.15) is 21.0 Å². The van der Waals surface area contributed by atoms with E-state index in [0.717, 1.165) is 53.9 Å². The van der Waals surface area contributed by atoms with Gasteiger partial charge in [0.05, 0.1) is 65.9 Å². The molecule has 2 N–H and O–H groups in total. The van der Waals surface area contributed by atoms with Crippen LogP contribution in [0.15, 0.2) is 126 Å². The highest BCUT2D eigenvalue weighted by Crippen LogP contribution is 2.28. The third-order valence-corrected chi connectivity index (χ3v) is 9.32. The smallest absolute Gasteiger partial charge is 0.108 e. The second-order valence-corrected chi connectivity index (χ2v) is 12.6. The van der Waals surface area contributed by atoms with Crippen LogP contribution in [0.1, 0.15) is 28.2 Å². The summed E-state index contributed by atoms with van der Waals surface area (Å²) in [6, 6.07) is 42.5. The van der Waals surface area contributed by atoms with Gasteiger partial charge in [0, 0.05) is 39.3 Å². The molecule has 0 saturated carbocycles. The Balaban J connectivity index is 0.000000130. The molecule has 242 valence electrons. The van der Waals surface area contributed by atoms with Gasteiger partial charge in [0.1, 0.15) is 5.01 Å². The molecule has 0 amide bonds. The summed E-state index contributed by atoms with van der Waals surface area (Å²) in [6.45, 7) is 0. The minimum atomic E-state index is 0.376. The van der Waals surface area contributed by atoms with Crippen LogP contribution in [0.3, 0.4) is 0 Å². The Morgan fingerprint density at radius 2 is 1.36 bits per heavy atom. The molecule has 0 fully saturated rings. The number of allylic oxidation sites excluding steroid dienone is 1. The van der Waals surface area contributed by atoms with Crippen LogP contribution in [0.4, 0.5) is 0 Å². The fourth-order valence-electron chi connectivity index (χ4n) is 5.03. The first-order valence-electron chi connectivity index (χ1n) is 15.6. The SMILES string of the molecule is N#CCC1=Cc2ccccc2SN1.N#CCc1c[nH]c2ccccc12.N#CCc1nc2ccccc2s1.N#CCc1nccc2ccccc12. The second kappa shape index (κ2) is 18.2. The van der Waals surface area contributed by atoms with Crippen LogP contribution in [-0.2, 0) is 19.3 Å².